The molecule has 0 N–H and O–H groups in total. The van der Waals surface area contributed by atoms with Crippen LogP contribution < -0.4 is 0 Å². The van der Waals surface area contributed by atoms with Crippen molar-refractivity contribution in [2.24, 2.45) is 0 Å². The van der Waals surface area contributed by atoms with Crippen LogP contribution in [0.5, 0.6) is 0 Å². The molecule has 4 heteroatoms. The van der Waals surface area contributed by atoms with Gasteiger partial charge in [0.25, 0.3) is 0 Å². The molecule has 0 bridgehead atoms. The van der Waals surface area contributed by atoms with Crippen molar-refractivity contribution in [2.75, 3.05) is 26.9 Å². The molecule has 130 valence electrons. The largest absolute Gasteiger partial charge is 0.460 e. The van der Waals surface area contributed by atoms with Gasteiger partial charge in [-0.2, -0.15) is 0 Å². The molecule has 0 saturated heterocycles. The second-order valence-corrected chi connectivity index (χ2v) is 5.54. The molecule has 4 nitrogen and oxygen atoms in total. The second kappa shape index (κ2) is 16.5. The van der Waals surface area contributed by atoms with E-state index in [2.05, 4.69) is 6.92 Å². The molecule has 0 amide bonds. The first kappa shape index (κ1) is 21.1. The molecule has 0 aromatic heterocycles. The van der Waals surface area contributed by atoms with Crippen LogP contribution in [0, 0.1) is 0 Å². The topological polar surface area (TPSA) is 44.8 Å². The van der Waals surface area contributed by atoms with Crippen LogP contribution in [0.15, 0.2) is 12.2 Å². The number of carbonyl (C=O) groups is 1. The summed E-state index contributed by atoms with van der Waals surface area (Å²) >= 11 is 0. The van der Waals surface area contributed by atoms with Crippen molar-refractivity contribution in [3.05, 3.63) is 12.2 Å². The summed E-state index contributed by atoms with van der Waals surface area (Å²) in [5, 5.41) is 0. The van der Waals surface area contributed by atoms with Crippen molar-refractivity contribution < 1.29 is 19.0 Å². The number of hydrogen-bond donors (Lipinski definition) is 0. The Kier molecular flexibility index (Phi) is 15.8. The Bertz CT molecular complexity index is 276. The minimum absolute atomic E-state index is 0.191. The Morgan fingerprint density at radius 3 is 2.23 bits per heavy atom. The summed E-state index contributed by atoms with van der Waals surface area (Å²) in [7, 11) is 1.60. The zero-order chi connectivity index (χ0) is 16.5. The highest BCUT2D eigenvalue weighted by Crippen LogP contribution is 2.08. The number of allylic oxidation sites excluding steroid dienone is 1. The molecule has 0 aliphatic carbocycles. The Morgan fingerprint density at radius 1 is 1.00 bits per heavy atom. The molecule has 0 radical (unpaired) electrons. The van der Waals surface area contributed by atoms with E-state index in [0.29, 0.717) is 6.61 Å². The van der Waals surface area contributed by atoms with E-state index in [1.54, 1.807) is 20.1 Å². The standard InChI is InChI=1S/C18H34O4/c1-4-6-7-8-9-10-11-12-14-21-15-17(20-3)16-22-18(19)13-5-2/h5,13,17H,4,6-12,14-16H2,1-3H3. The van der Waals surface area contributed by atoms with Crippen molar-refractivity contribution in [2.45, 2.75) is 71.3 Å². The van der Waals surface area contributed by atoms with E-state index in [-0.39, 0.29) is 18.7 Å². The lowest BCUT2D eigenvalue weighted by molar-refractivity contribution is -0.142. The second-order valence-electron chi connectivity index (χ2n) is 5.54. The molecule has 0 rings (SSSR count). The fraction of sp³-hybridized carbons (Fsp3) is 0.833. The van der Waals surface area contributed by atoms with Crippen LogP contribution in [0.1, 0.15) is 65.2 Å². The van der Waals surface area contributed by atoms with Crippen LogP contribution in [0.2, 0.25) is 0 Å². The zero-order valence-electron chi connectivity index (χ0n) is 14.6. The van der Waals surface area contributed by atoms with E-state index in [9.17, 15) is 4.79 Å². The first-order valence-electron chi connectivity index (χ1n) is 8.64. The van der Waals surface area contributed by atoms with Gasteiger partial charge in [0.2, 0.25) is 0 Å². The van der Waals surface area contributed by atoms with Gasteiger partial charge in [0.1, 0.15) is 12.7 Å². The van der Waals surface area contributed by atoms with Crippen molar-refractivity contribution in [1.29, 1.82) is 0 Å². The van der Waals surface area contributed by atoms with E-state index < -0.39 is 0 Å². The van der Waals surface area contributed by atoms with Crippen LogP contribution in [0.25, 0.3) is 0 Å². The molecule has 22 heavy (non-hydrogen) atoms. The normalized spacial score (nSPS) is 12.7. The molecule has 0 aromatic rings. The number of carbonyl (C=O) groups excluding carboxylic acids is 1. The Labute approximate surface area is 136 Å². The minimum atomic E-state index is -0.340. The third-order valence-corrected chi connectivity index (χ3v) is 3.49. The number of ether oxygens (including phenoxy) is 3. The molecular weight excluding hydrogens is 280 g/mol. The van der Waals surface area contributed by atoms with Crippen LogP contribution in [0.4, 0.5) is 0 Å². The van der Waals surface area contributed by atoms with E-state index in [0.717, 1.165) is 13.0 Å². The van der Waals surface area contributed by atoms with E-state index in [1.807, 2.05) is 0 Å². The van der Waals surface area contributed by atoms with Crippen molar-refractivity contribution >= 4 is 5.97 Å². The fourth-order valence-electron chi connectivity index (χ4n) is 2.10. The average Bonchev–Trinajstić information content (AvgIpc) is 2.52. The van der Waals surface area contributed by atoms with Crippen LogP contribution in [0.3, 0.4) is 0 Å². The van der Waals surface area contributed by atoms with Crippen molar-refractivity contribution in [1.82, 2.24) is 0 Å². The highest BCUT2D eigenvalue weighted by atomic mass is 16.6. The lowest BCUT2D eigenvalue weighted by Gasteiger charge is -2.15. The maximum Gasteiger partial charge on any atom is 0.330 e. The molecule has 0 fully saturated rings. The van der Waals surface area contributed by atoms with Gasteiger partial charge in [0.15, 0.2) is 0 Å². The third kappa shape index (κ3) is 14.1. The maximum atomic E-state index is 11.2. The number of unbranched alkanes of at least 4 members (excludes halogenated alkanes) is 7. The number of rotatable bonds is 15. The van der Waals surface area contributed by atoms with Crippen molar-refractivity contribution in [3.8, 4) is 0 Å². The van der Waals surface area contributed by atoms with Crippen molar-refractivity contribution in [3.63, 3.8) is 0 Å². The van der Waals surface area contributed by atoms with Gasteiger partial charge in [-0.1, -0.05) is 57.9 Å². The van der Waals surface area contributed by atoms with E-state index in [4.69, 9.17) is 14.2 Å². The molecule has 0 aliphatic rings. The molecule has 0 saturated carbocycles. The van der Waals surface area contributed by atoms with E-state index >= 15 is 0 Å². The summed E-state index contributed by atoms with van der Waals surface area (Å²) in [4.78, 5) is 11.2. The summed E-state index contributed by atoms with van der Waals surface area (Å²) in [6, 6.07) is 0. The summed E-state index contributed by atoms with van der Waals surface area (Å²) in [5.41, 5.74) is 0. The molecule has 0 heterocycles. The first-order valence-corrected chi connectivity index (χ1v) is 8.64. The van der Waals surface area contributed by atoms with Crippen LogP contribution in [-0.4, -0.2) is 39.0 Å². The molecule has 0 spiro atoms. The Hall–Kier alpha value is -0.870. The van der Waals surface area contributed by atoms with Gasteiger partial charge in [0.05, 0.1) is 6.61 Å². The number of esters is 1. The molecule has 0 aromatic carbocycles. The van der Waals surface area contributed by atoms with Gasteiger partial charge in [-0.25, -0.2) is 4.79 Å². The predicted octanol–water partition coefficient (Wildman–Crippen LogP) is 4.28. The summed E-state index contributed by atoms with van der Waals surface area (Å²) in [6.07, 6.45) is 13.2. The van der Waals surface area contributed by atoms with E-state index in [1.165, 1.54) is 51.0 Å². The molecular formula is C18H34O4. The lowest BCUT2D eigenvalue weighted by Crippen LogP contribution is -2.25. The number of hydrogen-bond acceptors (Lipinski definition) is 4. The van der Waals surface area contributed by atoms with Gasteiger partial charge in [-0.3, -0.25) is 0 Å². The van der Waals surface area contributed by atoms with Gasteiger partial charge in [-0.15, -0.1) is 0 Å². The van der Waals surface area contributed by atoms with Crippen LogP contribution >= 0.6 is 0 Å². The third-order valence-electron chi connectivity index (χ3n) is 3.49. The smallest absolute Gasteiger partial charge is 0.330 e. The highest BCUT2D eigenvalue weighted by molar-refractivity contribution is 5.81. The van der Waals surface area contributed by atoms with Gasteiger partial charge < -0.3 is 14.2 Å². The van der Waals surface area contributed by atoms with Gasteiger partial charge in [-0.05, 0) is 13.3 Å². The van der Waals surface area contributed by atoms with Gasteiger partial charge in [0, 0.05) is 19.8 Å². The monoisotopic (exact) mass is 314 g/mol. The summed E-state index contributed by atoms with van der Waals surface area (Å²) in [6.45, 7) is 5.47. The Balaban J connectivity index is 3.41. The van der Waals surface area contributed by atoms with Gasteiger partial charge >= 0.3 is 5.97 Å². The maximum absolute atomic E-state index is 11.2. The average molecular weight is 314 g/mol. The molecule has 1 atom stereocenters. The molecule has 1 unspecified atom stereocenters. The highest BCUT2D eigenvalue weighted by Gasteiger charge is 2.09. The first-order chi connectivity index (χ1) is 10.7. The lowest BCUT2D eigenvalue weighted by atomic mass is 10.1. The summed E-state index contributed by atoms with van der Waals surface area (Å²) in [5.74, 6) is -0.340. The predicted molar refractivity (Wildman–Crippen MR) is 90.0 cm³/mol. The zero-order valence-corrected chi connectivity index (χ0v) is 14.6. The van der Waals surface area contributed by atoms with Crippen LogP contribution in [-0.2, 0) is 19.0 Å². The number of methoxy groups -OCH3 is 1. The molecule has 0 aliphatic heterocycles. The minimum Gasteiger partial charge on any atom is -0.460 e. The quantitative estimate of drug-likeness (QED) is 0.257. The SMILES string of the molecule is CC=CC(=O)OCC(COCCCCCCCCCC)OC. The summed E-state index contributed by atoms with van der Waals surface area (Å²) < 4.78 is 15.9. The fourth-order valence-corrected chi connectivity index (χ4v) is 2.10. The Morgan fingerprint density at radius 2 is 1.64 bits per heavy atom.